The first-order valence-corrected chi connectivity index (χ1v) is 2.34. The minimum Gasteiger partial charge on any atom is -0.464 e. The highest BCUT2D eigenvalue weighted by atomic mass is 32.2. The number of rotatable bonds is 1. The van der Waals surface area contributed by atoms with Gasteiger partial charge in [0.25, 0.3) is 11.3 Å². The molecule has 7 heavy (non-hydrogen) atoms. The molecule has 6 heteroatoms. The Labute approximate surface area is 41.8 Å². The van der Waals surface area contributed by atoms with Crippen LogP contribution in [0.4, 0.5) is 4.79 Å². The number of hydrogen-bond donors (Lipinski definition) is 3. The van der Waals surface area contributed by atoms with Gasteiger partial charge < -0.3 is 5.11 Å². The number of nitrogens with one attached hydrogen (secondary N) is 1. The van der Waals surface area contributed by atoms with Crippen molar-refractivity contribution in [1.82, 2.24) is 4.72 Å². The van der Waals surface area contributed by atoms with Crippen LogP contribution in [-0.2, 0) is 11.3 Å². The van der Waals surface area contributed by atoms with Gasteiger partial charge in [-0.05, 0) is 0 Å². The van der Waals surface area contributed by atoms with Crippen molar-refractivity contribution in [3.63, 3.8) is 0 Å². The molecule has 0 aromatic carbocycles. The molecule has 0 spiro atoms. The summed E-state index contributed by atoms with van der Waals surface area (Å²) in [7, 11) is 0. The van der Waals surface area contributed by atoms with Gasteiger partial charge in [0.2, 0.25) is 0 Å². The van der Waals surface area contributed by atoms with Crippen molar-refractivity contribution in [3.05, 3.63) is 0 Å². The van der Waals surface area contributed by atoms with Crippen molar-refractivity contribution < 1.29 is 18.7 Å². The van der Waals surface area contributed by atoms with E-state index in [0.29, 0.717) is 0 Å². The topological polar surface area (TPSA) is 86.6 Å². The smallest absolute Gasteiger partial charge is 0.418 e. The predicted molar refractivity (Wildman–Crippen MR) is 21.9 cm³/mol. The lowest BCUT2D eigenvalue weighted by molar-refractivity contribution is 0.201. The van der Waals surface area contributed by atoms with Crippen molar-refractivity contribution >= 4 is 17.4 Å². The minimum absolute atomic E-state index is 1.25. The van der Waals surface area contributed by atoms with E-state index in [1.54, 1.807) is 0 Å². The van der Waals surface area contributed by atoms with Crippen LogP contribution in [0.15, 0.2) is 0 Å². The van der Waals surface area contributed by atoms with E-state index < -0.39 is 17.4 Å². The van der Waals surface area contributed by atoms with Crippen LogP contribution in [0.2, 0.25) is 0 Å². The Morgan fingerprint density at radius 3 is 2.14 bits per heavy atom. The lowest BCUT2D eigenvalue weighted by atomic mass is 11.3. The first-order chi connectivity index (χ1) is 3.13. The van der Waals surface area contributed by atoms with Gasteiger partial charge in [0, 0.05) is 0 Å². The molecule has 0 aliphatic heterocycles. The van der Waals surface area contributed by atoms with Gasteiger partial charge in [-0.2, -0.15) is 0 Å². The zero-order valence-corrected chi connectivity index (χ0v) is 3.94. The van der Waals surface area contributed by atoms with E-state index in [2.05, 4.69) is 0 Å². The quantitative estimate of drug-likeness (QED) is 0.408. The van der Waals surface area contributed by atoms with E-state index in [4.69, 9.17) is 9.66 Å². The van der Waals surface area contributed by atoms with Crippen molar-refractivity contribution in [2.45, 2.75) is 0 Å². The fraction of sp³-hybridized carbons (Fsp3) is 0. The molecule has 42 valence electrons. The van der Waals surface area contributed by atoms with Crippen LogP contribution in [0.3, 0.4) is 0 Å². The van der Waals surface area contributed by atoms with Crippen molar-refractivity contribution in [1.29, 1.82) is 0 Å². The van der Waals surface area contributed by atoms with Crippen LogP contribution in [-0.4, -0.2) is 20.0 Å². The van der Waals surface area contributed by atoms with Gasteiger partial charge in [-0.25, -0.2) is 13.7 Å². The first kappa shape index (κ1) is 6.38. The highest BCUT2D eigenvalue weighted by Crippen LogP contribution is 1.61. The molecule has 1 amide bonds. The molecule has 5 nitrogen and oxygen atoms in total. The molecule has 0 aromatic rings. The number of carbonyl (C=O) groups is 1. The number of amides is 1. The predicted octanol–water partition coefficient (Wildman–Crippen LogP) is -0.609. The molecule has 1 unspecified atom stereocenters. The molecule has 0 aliphatic rings. The standard InChI is InChI=1S/CH3NO4S/c3-1(4)2-7(5)6/h2H,(H,3,4)(H,5,6). The van der Waals surface area contributed by atoms with Crippen LogP contribution in [0.1, 0.15) is 0 Å². The van der Waals surface area contributed by atoms with E-state index in [-0.39, 0.29) is 0 Å². The van der Waals surface area contributed by atoms with Gasteiger partial charge in [-0.1, -0.05) is 0 Å². The third kappa shape index (κ3) is 5.38. The fourth-order valence-electron chi connectivity index (χ4n) is 0.0747. The molecular formula is CH3NO4S. The Bertz CT molecular complexity index is 87.9. The zero-order chi connectivity index (χ0) is 5.86. The molecule has 0 aliphatic carbocycles. The zero-order valence-electron chi connectivity index (χ0n) is 3.12. The maximum absolute atomic E-state index is 9.43. The molecule has 0 saturated carbocycles. The Balaban J connectivity index is 3.32. The monoisotopic (exact) mass is 125 g/mol. The van der Waals surface area contributed by atoms with Crippen LogP contribution in [0, 0.1) is 0 Å². The van der Waals surface area contributed by atoms with Crippen LogP contribution in [0.5, 0.6) is 0 Å². The molecule has 0 saturated heterocycles. The van der Waals surface area contributed by atoms with Gasteiger partial charge in [0.05, 0.1) is 0 Å². The van der Waals surface area contributed by atoms with Gasteiger partial charge in [-0.3, -0.25) is 4.55 Å². The fourth-order valence-corrected chi connectivity index (χ4v) is 0.224. The second kappa shape index (κ2) is 2.54. The van der Waals surface area contributed by atoms with E-state index in [1.807, 2.05) is 0 Å². The lowest BCUT2D eigenvalue weighted by Gasteiger charge is -1.86. The minimum atomic E-state index is -2.45. The van der Waals surface area contributed by atoms with Crippen LogP contribution >= 0.6 is 0 Å². The van der Waals surface area contributed by atoms with E-state index in [9.17, 15) is 9.00 Å². The highest BCUT2D eigenvalue weighted by Gasteiger charge is 1.94. The molecule has 0 bridgehead atoms. The average molecular weight is 125 g/mol. The summed E-state index contributed by atoms with van der Waals surface area (Å²) in [6.07, 6.45) is -1.51. The number of hydrogen-bond acceptors (Lipinski definition) is 2. The summed E-state index contributed by atoms with van der Waals surface area (Å²) < 4.78 is 18.4. The first-order valence-electron chi connectivity index (χ1n) is 1.23. The maximum atomic E-state index is 9.43. The largest absolute Gasteiger partial charge is 0.464 e. The van der Waals surface area contributed by atoms with Crippen molar-refractivity contribution in [3.8, 4) is 0 Å². The summed E-state index contributed by atoms with van der Waals surface area (Å²) in [6.45, 7) is 0. The van der Waals surface area contributed by atoms with Gasteiger partial charge in [0.15, 0.2) is 0 Å². The average Bonchev–Trinajstić information content (AvgIpc) is 1.27. The van der Waals surface area contributed by atoms with E-state index >= 15 is 0 Å². The third-order valence-electron chi connectivity index (χ3n) is 0.175. The van der Waals surface area contributed by atoms with Gasteiger partial charge >= 0.3 is 6.09 Å². The molecular weight excluding hydrogens is 122 g/mol. The molecule has 0 aromatic heterocycles. The summed E-state index contributed by atoms with van der Waals surface area (Å²) in [4.78, 5) is 9.35. The molecule has 0 radical (unpaired) electrons. The Morgan fingerprint density at radius 1 is 1.71 bits per heavy atom. The molecule has 0 rings (SSSR count). The summed E-state index contributed by atoms with van der Waals surface area (Å²) in [5.41, 5.74) is 0. The van der Waals surface area contributed by atoms with Gasteiger partial charge in [-0.15, -0.1) is 0 Å². The Morgan fingerprint density at radius 2 is 2.14 bits per heavy atom. The SMILES string of the molecule is O=C(O)NS(=O)O. The third-order valence-corrected chi connectivity index (χ3v) is 0.524. The highest BCUT2D eigenvalue weighted by molar-refractivity contribution is 7.77. The van der Waals surface area contributed by atoms with Crippen molar-refractivity contribution in [2.24, 2.45) is 0 Å². The molecule has 0 heterocycles. The number of carboxylic acid groups (broad SMARTS) is 1. The summed E-state index contributed by atoms with van der Waals surface area (Å²) in [5, 5.41) is 7.62. The maximum Gasteiger partial charge on any atom is 0.418 e. The van der Waals surface area contributed by atoms with E-state index in [0.717, 1.165) is 0 Å². The Hall–Kier alpha value is -0.620. The summed E-state index contributed by atoms with van der Waals surface area (Å²) in [6, 6.07) is 0. The molecule has 1 atom stereocenters. The van der Waals surface area contributed by atoms with Crippen LogP contribution in [0.25, 0.3) is 0 Å². The normalized spacial score (nSPS) is 12.7. The summed E-state index contributed by atoms with van der Waals surface area (Å²) in [5.74, 6) is 0. The van der Waals surface area contributed by atoms with Crippen LogP contribution < -0.4 is 4.72 Å². The second-order valence-electron chi connectivity index (χ2n) is 0.656. The van der Waals surface area contributed by atoms with Gasteiger partial charge in [0.1, 0.15) is 0 Å². The molecule has 3 N–H and O–H groups in total. The van der Waals surface area contributed by atoms with E-state index in [1.165, 1.54) is 4.72 Å². The molecule has 0 fully saturated rings. The van der Waals surface area contributed by atoms with Crippen molar-refractivity contribution in [2.75, 3.05) is 0 Å². The lowest BCUT2D eigenvalue weighted by Crippen LogP contribution is -2.22. The summed E-state index contributed by atoms with van der Waals surface area (Å²) >= 11 is -2.45. The second-order valence-corrected chi connectivity index (χ2v) is 1.36. The Kier molecular flexibility index (Phi) is 2.31.